The maximum atomic E-state index is 9.44. The van der Waals surface area contributed by atoms with Crippen LogP contribution in [0, 0.1) is 18.5 Å². The van der Waals surface area contributed by atoms with Gasteiger partial charge in [0.2, 0.25) is 0 Å². The van der Waals surface area contributed by atoms with Crippen molar-refractivity contribution in [2.24, 2.45) is 0 Å². The van der Waals surface area contributed by atoms with Crippen molar-refractivity contribution in [3.8, 4) is 39.4 Å². The van der Waals surface area contributed by atoms with Crippen LogP contribution in [0.2, 0.25) is 0 Å². The van der Waals surface area contributed by atoms with Gasteiger partial charge in [-0.3, -0.25) is 4.57 Å². The number of aromatic nitrogens is 6. The number of pyridine rings is 1. The van der Waals surface area contributed by atoms with Crippen molar-refractivity contribution in [3.63, 3.8) is 0 Å². The summed E-state index contributed by atoms with van der Waals surface area (Å²) in [5.74, 6) is 0.708. The summed E-state index contributed by atoms with van der Waals surface area (Å²) in [6.45, 7) is 6.58. The molecule has 0 atom stereocenters. The average Bonchev–Trinajstić information content (AvgIpc) is 1.54. The van der Waals surface area contributed by atoms with Gasteiger partial charge >= 0.3 is 0 Å². The zero-order chi connectivity index (χ0) is 71.7. The fourth-order valence-corrected chi connectivity index (χ4v) is 14.4. The smallest absolute Gasteiger partial charge is 0.268 e. The van der Waals surface area contributed by atoms with E-state index in [1.807, 2.05) is 65.4 Å². The molecule has 96 heavy (non-hydrogen) atoms. The van der Waals surface area contributed by atoms with Crippen LogP contribution in [-0.2, 0) is 26.5 Å². The monoisotopic (exact) mass is 1420 g/mol. The fraction of sp³-hybridized carbons (Fsp3) is 0.0455. The van der Waals surface area contributed by atoms with Crippen molar-refractivity contribution >= 4 is 131 Å². The standard InChI is InChI=1S/C88H58N6O.Pt/c1-88(2,3)62-47-48-89-84(51-62)93-78-45-41-63-52-75(78)72-44-42-64(53-82(72)93)95-65-43-46-81(83(54-65)90-55-91(80-40-15-14-39-79(80)90)85-66(56-21-6-4-7-22-56)31-18-32-67(85)57-23-8-5-9-24-57)94-77-38-13-11-30-71(77)74-36-20-34-69(87(74)94)61-28-17-26-59(50-61)58-25-16-27-60(49-58)68-33-19-35-73-70-29-10-12-37-76(70)92(63)86(68)73;/h4-52H,1-3H3;/q-2;/i4D,5D,6D,7D,8D,9D,21D,22D,23D,24D;. The molecule has 11 bridgehead atoms. The van der Waals surface area contributed by atoms with Crippen LogP contribution in [0.5, 0.6) is 0 Å². The topological polar surface area (TPSA) is 48.6 Å². The summed E-state index contributed by atoms with van der Waals surface area (Å²) in [5.41, 5.74) is 10.2. The summed E-state index contributed by atoms with van der Waals surface area (Å²) in [7, 11) is 0. The summed E-state index contributed by atoms with van der Waals surface area (Å²) in [4.78, 5) is 5.09. The van der Waals surface area contributed by atoms with Gasteiger partial charge in [0.15, 0.2) is 0 Å². The quantitative estimate of drug-likeness (QED) is 0.127. The largest absolute Gasteiger partial charge is 0.510 e. The fourth-order valence-electron chi connectivity index (χ4n) is 14.4. The first kappa shape index (κ1) is 47.3. The number of hydrogen-bond donors (Lipinski definition) is 0. The number of nitrogens with zero attached hydrogens (tertiary/aromatic N) is 6. The molecule has 0 fully saturated rings. The van der Waals surface area contributed by atoms with Gasteiger partial charge in [-0.05, 0) is 120 Å². The van der Waals surface area contributed by atoms with E-state index in [9.17, 15) is 5.48 Å². The molecule has 9 heterocycles. The molecular weight excluding hydrogens is 1350 g/mol. The molecule has 0 aliphatic heterocycles. The van der Waals surface area contributed by atoms with Crippen molar-refractivity contribution in [1.29, 1.82) is 0 Å². The van der Waals surface area contributed by atoms with E-state index < -0.39 is 60.4 Å². The Balaban J connectivity index is 0.00000796. The maximum absolute atomic E-state index is 9.44. The molecule has 0 aliphatic rings. The average molecular weight is 1420 g/mol. The summed E-state index contributed by atoms with van der Waals surface area (Å²) < 4.78 is 108. The zero-order valence-electron chi connectivity index (χ0n) is 61.9. The van der Waals surface area contributed by atoms with E-state index in [2.05, 4.69) is 210 Å². The molecule has 22 rings (SSSR count). The van der Waals surface area contributed by atoms with Crippen LogP contribution in [0.25, 0.3) is 170 Å². The van der Waals surface area contributed by atoms with Crippen molar-refractivity contribution in [2.45, 2.75) is 26.2 Å². The number of rotatable bonds is 5. The van der Waals surface area contributed by atoms with Gasteiger partial charge in [0.05, 0.1) is 41.5 Å². The second kappa shape index (κ2) is 22.3. The number of hydrogen-bond acceptors (Lipinski definition) is 2. The van der Waals surface area contributed by atoms with E-state index in [1.54, 1.807) is 22.8 Å². The molecule has 0 aliphatic carbocycles. The van der Waals surface area contributed by atoms with Gasteiger partial charge in [-0.15, -0.1) is 35.7 Å². The van der Waals surface area contributed by atoms with Crippen LogP contribution in [-0.4, -0.2) is 22.9 Å². The number of imidazole rings is 1. The molecule has 0 N–H and O–H groups in total. The summed E-state index contributed by atoms with van der Waals surface area (Å²) >= 11 is 0. The molecule has 8 heteroatoms. The minimum Gasteiger partial charge on any atom is -0.510 e. The Morgan fingerprint density at radius 3 is 1.65 bits per heavy atom. The van der Waals surface area contributed by atoms with Crippen molar-refractivity contribution in [2.75, 3.05) is 0 Å². The molecule has 22 aromatic rings. The van der Waals surface area contributed by atoms with E-state index in [0.29, 0.717) is 39.2 Å². The van der Waals surface area contributed by atoms with E-state index in [1.165, 1.54) is 0 Å². The van der Waals surface area contributed by atoms with Gasteiger partial charge in [-0.1, -0.05) is 244 Å². The van der Waals surface area contributed by atoms with Crippen molar-refractivity contribution in [1.82, 2.24) is 22.9 Å². The summed E-state index contributed by atoms with van der Waals surface area (Å²) in [6.07, 6.45) is 5.55. The predicted molar refractivity (Wildman–Crippen MR) is 393 cm³/mol. The van der Waals surface area contributed by atoms with Gasteiger partial charge in [0, 0.05) is 92.8 Å². The van der Waals surface area contributed by atoms with Gasteiger partial charge in [0.1, 0.15) is 5.82 Å². The first-order valence-corrected chi connectivity index (χ1v) is 31.6. The second-order valence-electron chi connectivity index (χ2n) is 25.2. The Hall–Kier alpha value is -11.6. The van der Waals surface area contributed by atoms with Gasteiger partial charge in [-0.25, -0.2) is 4.98 Å². The Labute approximate surface area is 581 Å². The molecule has 9 aromatic heterocycles. The molecular formula is C88H58N6OPt-2. The van der Waals surface area contributed by atoms with Gasteiger partial charge < -0.3 is 22.4 Å². The van der Waals surface area contributed by atoms with Crippen LogP contribution in [0.4, 0.5) is 0 Å². The van der Waals surface area contributed by atoms with Crippen LogP contribution < -0.4 is 4.57 Å². The Morgan fingerprint density at radius 2 is 0.979 bits per heavy atom. The first-order valence-electron chi connectivity index (χ1n) is 36.6. The van der Waals surface area contributed by atoms with E-state index in [-0.39, 0.29) is 54.4 Å². The number of para-hydroxylation sites is 7. The SMILES string of the molecule is [2H]c1c([2H])c([2H])c(-c2cccc(-c3c([2H])c([2H])c([2H])c([2H])c3[2H])c2-[n+]2[c-]n(-c3[c-]c4ccc3n3c5ccccc5c5cccc(c6cccc(c6)c6cccc(c6)c6cccc7c8ccccc8n(c8ccc9c(c8)c8ccc([c-]c8n9-c8cc(C(C)(C)C)ccn8)o4)c67)c53)c3ccccc32)c([2H])c1[2H].[Pt]. The van der Waals surface area contributed by atoms with Gasteiger partial charge in [0.25, 0.3) is 6.33 Å². The molecule has 0 unspecified atom stereocenters. The molecule has 458 valence electrons. The third kappa shape index (κ3) is 8.98. The minimum absolute atomic E-state index is 0. The Kier molecular flexibility index (Phi) is 11.0. The van der Waals surface area contributed by atoms with Crippen molar-refractivity contribution in [3.05, 3.63) is 321 Å². The first-order chi connectivity index (χ1) is 50.9. The molecule has 0 amide bonds. The molecule has 0 spiro atoms. The van der Waals surface area contributed by atoms with Crippen molar-refractivity contribution < 1.29 is 43.8 Å². The van der Waals surface area contributed by atoms with E-state index in [0.717, 1.165) is 109 Å². The Morgan fingerprint density at radius 1 is 0.438 bits per heavy atom. The minimum atomic E-state index is -0.593. The van der Waals surface area contributed by atoms with Gasteiger partial charge in [-0.2, -0.15) is 6.07 Å². The Bertz CT molecular complexity index is 7100. The van der Waals surface area contributed by atoms with E-state index >= 15 is 0 Å². The third-order valence-corrected chi connectivity index (χ3v) is 18.7. The number of fused-ring (bicyclic) bond motifs is 5. The van der Waals surface area contributed by atoms with Crippen LogP contribution in [0.15, 0.2) is 302 Å². The van der Waals surface area contributed by atoms with Crippen LogP contribution >= 0.6 is 0 Å². The molecule has 13 aromatic carbocycles. The molecule has 0 saturated carbocycles. The predicted octanol–water partition coefficient (Wildman–Crippen LogP) is 22.0. The van der Waals surface area contributed by atoms with Crippen LogP contribution in [0.1, 0.15) is 40.0 Å². The zero-order valence-corrected chi connectivity index (χ0v) is 54.2. The van der Waals surface area contributed by atoms with Crippen LogP contribution in [0.3, 0.4) is 0 Å². The van der Waals surface area contributed by atoms with E-state index in [4.69, 9.17) is 17.6 Å². The molecule has 0 radical (unpaired) electrons. The molecule has 7 nitrogen and oxygen atoms in total. The molecule has 0 saturated heterocycles. The summed E-state index contributed by atoms with van der Waals surface area (Å²) in [6, 6.07) is 80.5. The second-order valence-corrected chi connectivity index (χ2v) is 25.2. The number of benzene rings is 13. The maximum Gasteiger partial charge on any atom is 0.268 e. The summed E-state index contributed by atoms with van der Waals surface area (Å²) in [5, 5.41) is 12.2. The normalized spacial score (nSPS) is 13.5. The third-order valence-electron chi connectivity index (χ3n) is 18.7.